The van der Waals surface area contributed by atoms with Crippen molar-refractivity contribution in [3.63, 3.8) is 0 Å². The highest BCUT2D eigenvalue weighted by atomic mass is 16.5. The van der Waals surface area contributed by atoms with Crippen LogP contribution in [0.15, 0.2) is 59.4 Å². The second-order valence-electron chi connectivity index (χ2n) is 9.59. The first-order chi connectivity index (χ1) is 16.7. The van der Waals surface area contributed by atoms with Crippen molar-refractivity contribution in [1.29, 1.82) is 0 Å². The monoisotopic (exact) mass is 459 g/mol. The van der Waals surface area contributed by atoms with Crippen molar-refractivity contribution < 1.29 is 9.32 Å². The first kappa shape index (κ1) is 22.7. The number of rotatable bonds is 9. The van der Waals surface area contributed by atoms with Gasteiger partial charge in [-0.05, 0) is 62.4 Å². The molecule has 5 rings (SSSR count). The molecule has 7 nitrogen and oxygen atoms in total. The third kappa shape index (κ3) is 5.70. The zero-order valence-corrected chi connectivity index (χ0v) is 19.6. The molecule has 1 atom stereocenters. The Bertz CT molecular complexity index is 1040. The van der Waals surface area contributed by atoms with Crippen LogP contribution >= 0.6 is 0 Å². The molecule has 0 radical (unpaired) electrons. The highest BCUT2D eigenvalue weighted by Crippen LogP contribution is 2.30. The van der Waals surface area contributed by atoms with Crippen molar-refractivity contribution in [3.05, 3.63) is 77.7 Å². The van der Waals surface area contributed by atoms with Crippen molar-refractivity contribution in [2.24, 2.45) is 5.92 Å². The van der Waals surface area contributed by atoms with Gasteiger partial charge in [0, 0.05) is 37.2 Å². The minimum absolute atomic E-state index is 0.0676. The fraction of sp³-hybridized carbons (Fsp3) is 0.481. The van der Waals surface area contributed by atoms with Crippen LogP contribution in [0.5, 0.6) is 0 Å². The number of pyridine rings is 1. The Labute approximate surface area is 201 Å². The summed E-state index contributed by atoms with van der Waals surface area (Å²) in [6, 6.07) is 14.4. The van der Waals surface area contributed by atoms with Crippen LogP contribution in [0.1, 0.15) is 73.3 Å². The minimum atomic E-state index is 0.0676. The lowest BCUT2D eigenvalue weighted by Crippen LogP contribution is -2.39. The predicted molar refractivity (Wildman–Crippen MR) is 129 cm³/mol. The van der Waals surface area contributed by atoms with E-state index < -0.39 is 0 Å². The molecule has 2 aromatic heterocycles. The summed E-state index contributed by atoms with van der Waals surface area (Å²) in [5, 5.41) is 7.51. The van der Waals surface area contributed by atoms with E-state index in [-0.39, 0.29) is 17.9 Å². The van der Waals surface area contributed by atoms with E-state index in [2.05, 4.69) is 49.6 Å². The van der Waals surface area contributed by atoms with Gasteiger partial charge in [0.05, 0.1) is 6.04 Å². The van der Waals surface area contributed by atoms with Gasteiger partial charge >= 0.3 is 0 Å². The number of amides is 1. The fourth-order valence-electron chi connectivity index (χ4n) is 4.87. The summed E-state index contributed by atoms with van der Waals surface area (Å²) in [7, 11) is 0. The number of nitrogens with zero attached hydrogens (tertiary/aromatic N) is 4. The molecule has 1 aliphatic heterocycles. The van der Waals surface area contributed by atoms with E-state index >= 15 is 0 Å². The molecule has 1 aliphatic carbocycles. The number of carbonyl (C=O) groups is 1. The number of likely N-dealkylation sites (tertiary alicyclic amines) is 1. The van der Waals surface area contributed by atoms with Crippen LogP contribution in [0, 0.1) is 5.92 Å². The largest absolute Gasteiger partial charge is 0.349 e. The maximum absolute atomic E-state index is 12.6. The number of piperidine rings is 1. The first-order valence-corrected chi connectivity index (χ1v) is 12.5. The van der Waals surface area contributed by atoms with Crippen molar-refractivity contribution in [2.45, 2.75) is 56.9 Å². The number of benzene rings is 1. The lowest BCUT2D eigenvalue weighted by molar-refractivity contribution is -0.128. The zero-order valence-electron chi connectivity index (χ0n) is 19.6. The third-order valence-electron chi connectivity index (χ3n) is 7.23. The fourth-order valence-corrected chi connectivity index (χ4v) is 4.87. The highest BCUT2D eigenvalue weighted by Gasteiger charge is 2.29. The molecule has 2 fully saturated rings. The van der Waals surface area contributed by atoms with Gasteiger partial charge in [-0.3, -0.25) is 9.78 Å². The molecule has 1 saturated carbocycles. The Hall–Kier alpha value is -3.06. The second-order valence-corrected chi connectivity index (χ2v) is 9.59. The summed E-state index contributed by atoms with van der Waals surface area (Å²) in [6.45, 7) is 2.97. The minimum Gasteiger partial charge on any atom is -0.349 e. The maximum Gasteiger partial charge on any atom is 0.229 e. The normalized spacial score (nSPS) is 18.4. The van der Waals surface area contributed by atoms with Gasteiger partial charge in [-0.15, -0.1) is 0 Å². The molecule has 7 heteroatoms. The standard InChI is InChI=1S/C27H33N5O2/c33-26(22-9-4-10-22)29-24(21-7-2-1-3-8-21)13-17-32-15-11-23(12-16-32)27-30-25(31-34-27)18-20-6-5-14-28-19-20/h1-3,5-8,14,19,22-24H,4,9-13,15-18H2,(H,29,33)/t24-/m0/s1. The molecule has 3 heterocycles. The molecular formula is C27H33N5O2. The zero-order chi connectivity index (χ0) is 23.2. The summed E-state index contributed by atoms with van der Waals surface area (Å²) in [4.78, 5) is 23.9. The van der Waals surface area contributed by atoms with Gasteiger partial charge in [0.1, 0.15) is 0 Å². The average Bonchev–Trinajstić information content (AvgIpc) is 3.30. The lowest BCUT2D eigenvalue weighted by atomic mass is 9.84. The van der Waals surface area contributed by atoms with E-state index in [1.807, 2.05) is 24.4 Å². The summed E-state index contributed by atoms with van der Waals surface area (Å²) in [6.07, 6.45) is 10.4. The van der Waals surface area contributed by atoms with Gasteiger partial charge in [-0.25, -0.2) is 0 Å². The average molecular weight is 460 g/mol. The molecule has 1 amide bonds. The number of nitrogens with one attached hydrogen (secondary N) is 1. The molecular weight excluding hydrogens is 426 g/mol. The van der Waals surface area contributed by atoms with Gasteiger partial charge in [-0.1, -0.05) is 48.0 Å². The Balaban J connectivity index is 1.12. The van der Waals surface area contributed by atoms with Crippen molar-refractivity contribution in [3.8, 4) is 0 Å². The SMILES string of the molecule is O=C(N[C@@H](CCN1CCC(c2nc(Cc3cccnc3)no2)CC1)c1ccccc1)C1CCC1. The van der Waals surface area contributed by atoms with E-state index in [1.54, 1.807) is 6.20 Å². The van der Waals surface area contributed by atoms with E-state index in [9.17, 15) is 4.79 Å². The van der Waals surface area contributed by atoms with Crippen LogP contribution in [0.25, 0.3) is 0 Å². The molecule has 0 spiro atoms. The van der Waals surface area contributed by atoms with E-state index in [0.717, 1.165) is 69.0 Å². The molecule has 0 bridgehead atoms. The van der Waals surface area contributed by atoms with Crippen LogP contribution in [0.3, 0.4) is 0 Å². The predicted octanol–water partition coefficient (Wildman–Crippen LogP) is 4.28. The summed E-state index contributed by atoms with van der Waals surface area (Å²) >= 11 is 0. The van der Waals surface area contributed by atoms with Crippen LogP contribution in [-0.2, 0) is 11.2 Å². The Morgan fingerprint density at radius 1 is 1.09 bits per heavy atom. The number of hydrogen-bond acceptors (Lipinski definition) is 6. The number of aromatic nitrogens is 3. The highest BCUT2D eigenvalue weighted by molar-refractivity contribution is 5.79. The molecule has 1 aromatic carbocycles. The van der Waals surface area contributed by atoms with Crippen molar-refractivity contribution >= 4 is 5.91 Å². The summed E-state index contributed by atoms with van der Waals surface area (Å²) < 4.78 is 5.60. The van der Waals surface area contributed by atoms with E-state index in [4.69, 9.17) is 4.52 Å². The molecule has 178 valence electrons. The smallest absolute Gasteiger partial charge is 0.229 e. The maximum atomic E-state index is 12.6. The second kappa shape index (κ2) is 10.9. The van der Waals surface area contributed by atoms with Gasteiger partial charge in [0.15, 0.2) is 5.82 Å². The van der Waals surface area contributed by atoms with Crippen LogP contribution < -0.4 is 5.32 Å². The van der Waals surface area contributed by atoms with Gasteiger partial charge in [0.25, 0.3) is 0 Å². The Kier molecular flexibility index (Phi) is 7.29. The van der Waals surface area contributed by atoms with E-state index in [1.165, 1.54) is 12.0 Å². The Morgan fingerprint density at radius 3 is 2.62 bits per heavy atom. The third-order valence-corrected chi connectivity index (χ3v) is 7.23. The molecule has 1 saturated heterocycles. The summed E-state index contributed by atoms with van der Waals surface area (Å²) in [5.74, 6) is 2.22. The molecule has 34 heavy (non-hydrogen) atoms. The number of hydrogen-bond donors (Lipinski definition) is 1. The van der Waals surface area contributed by atoms with Crippen LogP contribution in [0.4, 0.5) is 0 Å². The van der Waals surface area contributed by atoms with Gasteiger partial charge in [-0.2, -0.15) is 4.98 Å². The molecule has 3 aromatic rings. The van der Waals surface area contributed by atoms with Crippen molar-refractivity contribution in [2.75, 3.05) is 19.6 Å². The van der Waals surface area contributed by atoms with Crippen molar-refractivity contribution in [1.82, 2.24) is 25.3 Å². The summed E-state index contributed by atoms with van der Waals surface area (Å²) in [5.41, 5.74) is 2.28. The number of carbonyl (C=O) groups excluding carboxylic acids is 1. The molecule has 2 aliphatic rings. The molecule has 0 unspecified atom stereocenters. The lowest BCUT2D eigenvalue weighted by Gasteiger charge is -2.32. The Morgan fingerprint density at radius 2 is 1.91 bits per heavy atom. The van der Waals surface area contributed by atoms with Gasteiger partial charge in [0.2, 0.25) is 11.8 Å². The topological polar surface area (TPSA) is 84.2 Å². The van der Waals surface area contributed by atoms with E-state index in [0.29, 0.717) is 12.3 Å². The van der Waals surface area contributed by atoms with Crippen LogP contribution in [0.2, 0.25) is 0 Å². The van der Waals surface area contributed by atoms with Gasteiger partial charge < -0.3 is 14.7 Å². The quantitative estimate of drug-likeness (QED) is 0.514. The van der Waals surface area contributed by atoms with Crippen LogP contribution in [-0.4, -0.2) is 45.6 Å². The first-order valence-electron chi connectivity index (χ1n) is 12.5. The molecule has 1 N–H and O–H groups in total.